The van der Waals surface area contributed by atoms with Crippen molar-refractivity contribution in [3.8, 4) is 0 Å². The van der Waals surface area contributed by atoms with Crippen LogP contribution >= 0.6 is 11.6 Å². The van der Waals surface area contributed by atoms with Gasteiger partial charge in [0.05, 0.1) is 20.5 Å². The number of esters is 1. The molecule has 124 valence electrons. The van der Waals surface area contributed by atoms with Crippen LogP contribution in [0.2, 0.25) is 5.02 Å². The number of carbonyl (C=O) groups excluding carboxylic acids is 2. The van der Waals surface area contributed by atoms with Crippen LogP contribution in [0, 0.1) is 0 Å². The van der Waals surface area contributed by atoms with Crippen molar-refractivity contribution in [1.29, 1.82) is 0 Å². The second-order valence-corrected chi connectivity index (χ2v) is 5.47. The second-order valence-electron chi connectivity index (χ2n) is 5.03. The third-order valence-corrected chi connectivity index (χ3v) is 3.69. The summed E-state index contributed by atoms with van der Waals surface area (Å²) in [5.41, 5.74) is 1.95. The van der Waals surface area contributed by atoms with Gasteiger partial charge in [0.1, 0.15) is 5.57 Å². The molecule has 4 nitrogen and oxygen atoms in total. The third-order valence-electron chi connectivity index (χ3n) is 3.44. The minimum atomic E-state index is -0.566. The molecular formula is C19H17ClO4. The van der Waals surface area contributed by atoms with Crippen molar-refractivity contribution in [3.63, 3.8) is 0 Å². The molecule has 0 unspecified atom stereocenters. The Balaban J connectivity index is 2.37. The number of hydrogen-bond donors (Lipinski definition) is 0. The molecule has 0 bridgehead atoms. The minimum Gasteiger partial charge on any atom is -0.503 e. The maximum atomic E-state index is 12.7. The number of carbonyl (C=O) groups is 2. The lowest BCUT2D eigenvalue weighted by Gasteiger charge is -2.11. The summed E-state index contributed by atoms with van der Waals surface area (Å²) in [6, 6.07) is 13.9. The highest BCUT2D eigenvalue weighted by molar-refractivity contribution is 6.30. The Bertz CT molecular complexity index is 763. The number of methoxy groups -OCH3 is 2. The number of rotatable bonds is 6. The van der Waals surface area contributed by atoms with E-state index in [1.807, 2.05) is 0 Å². The van der Waals surface area contributed by atoms with Crippen molar-refractivity contribution in [2.75, 3.05) is 14.2 Å². The van der Waals surface area contributed by atoms with Gasteiger partial charge < -0.3 is 9.47 Å². The van der Waals surface area contributed by atoms with E-state index in [4.69, 9.17) is 21.1 Å². The molecule has 0 N–H and O–H groups in total. The van der Waals surface area contributed by atoms with Gasteiger partial charge in [-0.1, -0.05) is 48.0 Å². The fourth-order valence-electron chi connectivity index (χ4n) is 2.29. The Kier molecular flexibility index (Phi) is 6.15. The number of ether oxygens (including phenoxy) is 2. The fourth-order valence-corrected chi connectivity index (χ4v) is 2.42. The normalized spacial score (nSPS) is 11.0. The second kappa shape index (κ2) is 8.31. The predicted molar refractivity (Wildman–Crippen MR) is 92.9 cm³/mol. The quantitative estimate of drug-likeness (QED) is 0.345. The van der Waals surface area contributed by atoms with E-state index in [9.17, 15) is 9.59 Å². The van der Waals surface area contributed by atoms with Gasteiger partial charge >= 0.3 is 5.97 Å². The van der Waals surface area contributed by atoms with E-state index in [1.54, 1.807) is 48.5 Å². The van der Waals surface area contributed by atoms with Gasteiger partial charge in [0.25, 0.3) is 0 Å². The summed E-state index contributed by atoms with van der Waals surface area (Å²) in [5.74, 6) is -0.678. The maximum absolute atomic E-state index is 12.7. The van der Waals surface area contributed by atoms with Crippen LogP contribution in [-0.4, -0.2) is 26.0 Å². The van der Waals surface area contributed by atoms with Gasteiger partial charge in [0.2, 0.25) is 0 Å². The topological polar surface area (TPSA) is 52.6 Å². The first-order valence-corrected chi connectivity index (χ1v) is 7.63. The van der Waals surface area contributed by atoms with E-state index in [0.29, 0.717) is 16.1 Å². The van der Waals surface area contributed by atoms with Crippen molar-refractivity contribution < 1.29 is 19.1 Å². The molecule has 0 amide bonds. The fraction of sp³-hybridized carbons (Fsp3) is 0.158. The molecule has 0 heterocycles. The van der Waals surface area contributed by atoms with Crippen molar-refractivity contribution in [3.05, 3.63) is 76.5 Å². The lowest BCUT2D eigenvalue weighted by Crippen LogP contribution is -2.11. The van der Waals surface area contributed by atoms with Crippen LogP contribution in [0.15, 0.2) is 54.8 Å². The van der Waals surface area contributed by atoms with Gasteiger partial charge in [-0.2, -0.15) is 0 Å². The van der Waals surface area contributed by atoms with Gasteiger partial charge in [-0.25, -0.2) is 4.79 Å². The van der Waals surface area contributed by atoms with Crippen LogP contribution in [0.25, 0.3) is 5.57 Å². The highest BCUT2D eigenvalue weighted by Crippen LogP contribution is 2.23. The summed E-state index contributed by atoms with van der Waals surface area (Å²) in [4.78, 5) is 24.7. The molecule has 24 heavy (non-hydrogen) atoms. The minimum absolute atomic E-state index is 0.112. The van der Waals surface area contributed by atoms with Crippen molar-refractivity contribution in [2.24, 2.45) is 0 Å². The molecule has 0 aliphatic heterocycles. The number of ketones is 1. The Morgan fingerprint density at radius 1 is 1.00 bits per heavy atom. The number of benzene rings is 2. The van der Waals surface area contributed by atoms with Gasteiger partial charge in [0.15, 0.2) is 5.78 Å². The standard InChI is InChI=1S/C19H17ClO4/c1-23-12-17(19(22)24-2)15-5-3-4-6-16(15)18(21)11-13-7-9-14(20)10-8-13/h3-10,12H,11H2,1-2H3/b17-12-. The van der Waals surface area contributed by atoms with Crippen LogP contribution in [0.1, 0.15) is 21.5 Å². The Morgan fingerprint density at radius 3 is 2.21 bits per heavy atom. The molecule has 2 rings (SSSR count). The van der Waals surface area contributed by atoms with Gasteiger partial charge in [0, 0.05) is 22.6 Å². The first-order chi connectivity index (χ1) is 11.6. The van der Waals surface area contributed by atoms with E-state index in [2.05, 4.69) is 0 Å². The van der Waals surface area contributed by atoms with Crippen molar-refractivity contribution in [1.82, 2.24) is 0 Å². The Hall–Kier alpha value is -2.59. The predicted octanol–water partition coefficient (Wildman–Crippen LogP) is 3.93. The smallest absolute Gasteiger partial charge is 0.341 e. The zero-order valence-corrected chi connectivity index (χ0v) is 14.2. The van der Waals surface area contributed by atoms with Crippen LogP contribution < -0.4 is 0 Å². The third kappa shape index (κ3) is 4.24. The SMILES string of the molecule is CO/C=C(\C(=O)OC)c1ccccc1C(=O)Cc1ccc(Cl)cc1. The first kappa shape index (κ1) is 17.8. The van der Waals surface area contributed by atoms with Crippen LogP contribution in [-0.2, 0) is 20.7 Å². The van der Waals surface area contributed by atoms with E-state index < -0.39 is 5.97 Å². The molecule has 0 spiro atoms. The van der Waals surface area contributed by atoms with E-state index in [-0.39, 0.29) is 17.8 Å². The Morgan fingerprint density at radius 2 is 1.62 bits per heavy atom. The van der Waals surface area contributed by atoms with E-state index in [0.717, 1.165) is 5.56 Å². The summed E-state index contributed by atoms with van der Waals surface area (Å²) in [5, 5.41) is 0.614. The van der Waals surface area contributed by atoms with Gasteiger partial charge in [-0.3, -0.25) is 4.79 Å². The van der Waals surface area contributed by atoms with Crippen LogP contribution in [0.4, 0.5) is 0 Å². The lowest BCUT2D eigenvalue weighted by atomic mass is 9.94. The molecule has 2 aromatic rings. The lowest BCUT2D eigenvalue weighted by molar-refractivity contribution is -0.133. The molecule has 0 radical (unpaired) electrons. The monoisotopic (exact) mass is 344 g/mol. The number of hydrogen-bond acceptors (Lipinski definition) is 4. The van der Waals surface area contributed by atoms with Crippen LogP contribution in [0.3, 0.4) is 0 Å². The molecule has 0 aliphatic carbocycles. The summed E-state index contributed by atoms with van der Waals surface area (Å²) in [6.45, 7) is 0. The molecular weight excluding hydrogens is 328 g/mol. The number of halogens is 1. The molecule has 0 saturated carbocycles. The molecule has 0 aliphatic rings. The summed E-state index contributed by atoms with van der Waals surface area (Å²) in [7, 11) is 2.71. The zero-order valence-electron chi connectivity index (χ0n) is 13.4. The summed E-state index contributed by atoms with van der Waals surface area (Å²) >= 11 is 5.86. The average molecular weight is 345 g/mol. The summed E-state index contributed by atoms with van der Waals surface area (Å²) in [6.07, 6.45) is 1.48. The first-order valence-electron chi connectivity index (χ1n) is 7.25. The zero-order chi connectivity index (χ0) is 17.5. The molecule has 0 atom stereocenters. The average Bonchev–Trinajstić information content (AvgIpc) is 2.61. The highest BCUT2D eigenvalue weighted by atomic mass is 35.5. The summed E-state index contributed by atoms with van der Waals surface area (Å²) < 4.78 is 9.73. The molecule has 0 saturated heterocycles. The van der Waals surface area contributed by atoms with Gasteiger partial charge in [-0.15, -0.1) is 0 Å². The van der Waals surface area contributed by atoms with Crippen molar-refractivity contribution in [2.45, 2.75) is 6.42 Å². The molecule has 5 heteroatoms. The molecule has 0 fully saturated rings. The number of Topliss-reactive ketones (excluding diaryl/α,β-unsaturated/α-hetero) is 1. The van der Waals surface area contributed by atoms with Crippen LogP contribution in [0.5, 0.6) is 0 Å². The molecule has 0 aromatic heterocycles. The molecule has 2 aromatic carbocycles. The maximum Gasteiger partial charge on any atom is 0.341 e. The van der Waals surface area contributed by atoms with Crippen molar-refractivity contribution >= 4 is 28.9 Å². The van der Waals surface area contributed by atoms with E-state index >= 15 is 0 Å². The highest BCUT2D eigenvalue weighted by Gasteiger charge is 2.20. The van der Waals surface area contributed by atoms with E-state index in [1.165, 1.54) is 20.5 Å². The largest absolute Gasteiger partial charge is 0.503 e. The van der Waals surface area contributed by atoms with Gasteiger partial charge in [-0.05, 0) is 17.7 Å². The Labute approximate surface area is 145 Å².